The summed E-state index contributed by atoms with van der Waals surface area (Å²) in [5, 5.41) is 2.22. The number of aromatic amines is 2. The van der Waals surface area contributed by atoms with Gasteiger partial charge in [-0.2, -0.15) is 0 Å². The summed E-state index contributed by atoms with van der Waals surface area (Å²) in [6.45, 7) is 3.08. The summed E-state index contributed by atoms with van der Waals surface area (Å²) in [4.78, 5) is 33.3. The molecule has 7 nitrogen and oxygen atoms in total. The van der Waals surface area contributed by atoms with Crippen LogP contribution in [0.1, 0.15) is 24.8 Å². The number of carbonyl (C=O) groups excluding carboxylic acids is 1. The molecule has 2 fully saturated rings. The van der Waals surface area contributed by atoms with E-state index in [2.05, 4.69) is 47.9 Å². The number of benzene rings is 1. The zero-order chi connectivity index (χ0) is 20.1. The molecule has 2 saturated heterocycles. The largest absolute Gasteiger partial charge is 0.361 e. The van der Waals surface area contributed by atoms with Crippen LogP contribution in [0.2, 0.25) is 0 Å². The standard InChI is InChI=1S/C23H24N6O/c30-22-23(8-11-29(14-23)21-18-6-9-24-20(18)26-15-27-21)7-3-10-28(22)13-16-12-25-19-5-2-1-4-17(16)19/h1-2,4-6,9,12,15,25H,3,7-8,10-11,13-14H2,(H,24,26,27). The van der Waals surface area contributed by atoms with Gasteiger partial charge >= 0.3 is 0 Å². The second-order valence-electron chi connectivity index (χ2n) is 8.58. The Morgan fingerprint density at radius 3 is 2.93 bits per heavy atom. The second-order valence-corrected chi connectivity index (χ2v) is 8.58. The van der Waals surface area contributed by atoms with Crippen molar-refractivity contribution in [2.24, 2.45) is 5.41 Å². The first-order valence-electron chi connectivity index (χ1n) is 10.6. The molecule has 3 aromatic heterocycles. The maximum absolute atomic E-state index is 13.7. The van der Waals surface area contributed by atoms with Crippen molar-refractivity contribution in [2.75, 3.05) is 24.5 Å². The minimum Gasteiger partial charge on any atom is -0.361 e. The minimum absolute atomic E-state index is 0.292. The van der Waals surface area contributed by atoms with Crippen LogP contribution >= 0.6 is 0 Å². The Kier molecular flexibility index (Phi) is 3.84. The monoisotopic (exact) mass is 400 g/mol. The van der Waals surface area contributed by atoms with E-state index in [0.717, 1.165) is 61.3 Å². The molecule has 1 unspecified atom stereocenters. The van der Waals surface area contributed by atoms with Crippen molar-refractivity contribution in [1.29, 1.82) is 0 Å². The maximum atomic E-state index is 13.7. The first-order valence-corrected chi connectivity index (χ1v) is 10.6. The van der Waals surface area contributed by atoms with Crippen LogP contribution in [0.5, 0.6) is 0 Å². The van der Waals surface area contributed by atoms with Gasteiger partial charge < -0.3 is 19.8 Å². The van der Waals surface area contributed by atoms with E-state index in [1.54, 1.807) is 6.33 Å². The number of nitrogens with zero attached hydrogens (tertiary/aromatic N) is 4. The number of fused-ring (bicyclic) bond motifs is 2. The van der Waals surface area contributed by atoms with Crippen LogP contribution in [0.4, 0.5) is 5.82 Å². The number of nitrogens with one attached hydrogen (secondary N) is 2. The molecule has 30 heavy (non-hydrogen) atoms. The summed E-state index contributed by atoms with van der Waals surface area (Å²) in [5.41, 5.74) is 2.85. The molecule has 4 aromatic rings. The summed E-state index contributed by atoms with van der Waals surface area (Å²) in [5.74, 6) is 1.22. The van der Waals surface area contributed by atoms with Crippen molar-refractivity contribution in [2.45, 2.75) is 25.8 Å². The number of carbonyl (C=O) groups is 1. The average Bonchev–Trinajstić information content (AvgIpc) is 3.51. The highest BCUT2D eigenvalue weighted by atomic mass is 16.2. The molecule has 2 aliphatic heterocycles. The smallest absolute Gasteiger partial charge is 0.230 e. The molecule has 5 heterocycles. The molecular weight excluding hydrogens is 376 g/mol. The van der Waals surface area contributed by atoms with Crippen LogP contribution in [-0.4, -0.2) is 50.4 Å². The van der Waals surface area contributed by atoms with Crippen molar-refractivity contribution >= 4 is 33.7 Å². The summed E-state index contributed by atoms with van der Waals surface area (Å²) >= 11 is 0. The van der Waals surface area contributed by atoms with Gasteiger partial charge in [-0.25, -0.2) is 9.97 Å². The van der Waals surface area contributed by atoms with Gasteiger partial charge in [-0.05, 0) is 37.0 Å². The van der Waals surface area contributed by atoms with Gasteiger partial charge in [0.15, 0.2) is 0 Å². The molecule has 1 atom stereocenters. The Morgan fingerprint density at radius 1 is 1.03 bits per heavy atom. The average molecular weight is 400 g/mol. The first-order chi connectivity index (χ1) is 14.7. The van der Waals surface area contributed by atoms with Crippen LogP contribution in [0.15, 0.2) is 49.1 Å². The Morgan fingerprint density at radius 2 is 1.97 bits per heavy atom. The fourth-order valence-electron chi connectivity index (χ4n) is 5.31. The molecule has 2 aliphatic rings. The molecular formula is C23H24N6O. The van der Waals surface area contributed by atoms with Gasteiger partial charge in [-0.15, -0.1) is 0 Å². The van der Waals surface area contributed by atoms with Gasteiger partial charge in [0.05, 0.1) is 10.8 Å². The highest BCUT2D eigenvalue weighted by Crippen LogP contribution is 2.42. The van der Waals surface area contributed by atoms with E-state index < -0.39 is 0 Å². The molecule has 152 valence electrons. The summed E-state index contributed by atoms with van der Waals surface area (Å²) < 4.78 is 0. The third-order valence-electron chi connectivity index (χ3n) is 6.85. The van der Waals surface area contributed by atoms with Gasteiger partial charge in [0, 0.05) is 49.5 Å². The number of hydrogen-bond acceptors (Lipinski definition) is 4. The van der Waals surface area contributed by atoms with Crippen molar-refractivity contribution in [1.82, 2.24) is 24.8 Å². The zero-order valence-corrected chi connectivity index (χ0v) is 16.8. The van der Waals surface area contributed by atoms with Crippen LogP contribution in [0.3, 0.4) is 0 Å². The highest BCUT2D eigenvalue weighted by Gasteiger charge is 2.48. The number of para-hydroxylation sites is 1. The lowest BCUT2D eigenvalue weighted by atomic mass is 9.78. The van der Waals surface area contributed by atoms with E-state index in [0.29, 0.717) is 12.5 Å². The van der Waals surface area contributed by atoms with Gasteiger partial charge in [0.2, 0.25) is 5.91 Å². The first kappa shape index (κ1) is 17.5. The lowest BCUT2D eigenvalue weighted by Crippen LogP contribution is -2.49. The number of rotatable bonds is 3. The Balaban J connectivity index is 1.26. The third-order valence-corrected chi connectivity index (χ3v) is 6.85. The molecule has 0 bridgehead atoms. The molecule has 0 aliphatic carbocycles. The zero-order valence-electron chi connectivity index (χ0n) is 16.8. The quantitative estimate of drug-likeness (QED) is 0.552. The molecule has 0 saturated carbocycles. The molecule has 1 spiro atoms. The summed E-state index contributed by atoms with van der Waals surface area (Å²) in [7, 11) is 0. The number of aromatic nitrogens is 4. The van der Waals surface area contributed by atoms with Crippen molar-refractivity contribution < 1.29 is 4.79 Å². The van der Waals surface area contributed by atoms with E-state index in [1.165, 1.54) is 10.9 Å². The van der Waals surface area contributed by atoms with E-state index >= 15 is 0 Å². The van der Waals surface area contributed by atoms with Gasteiger partial charge in [0.25, 0.3) is 0 Å². The normalized spacial score (nSPS) is 22.1. The molecule has 1 aromatic carbocycles. The molecule has 1 amide bonds. The van der Waals surface area contributed by atoms with E-state index in [-0.39, 0.29) is 5.41 Å². The maximum Gasteiger partial charge on any atom is 0.230 e. The molecule has 0 radical (unpaired) electrons. The molecule has 7 heteroatoms. The lowest BCUT2D eigenvalue weighted by molar-refractivity contribution is -0.145. The van der Waals surface area contributed by atoms with Crippen molar-refractivity contribution in [3.63, 3.8) is 0 Å². The number of H-pyrrole nitrogens is 2. The van der Waals surface area contributed by atoms with Crippen molar-refractivity contribution in [3.05, 3.63) is 54.6 Å². The molecule has 2 N–H and O–H groups in total. The summed E-state index contributed by atoms with van der Waals surface area (Å²) in [6, 6.07) is 10.3. The number of hydrogen-bond donors (Lipinski definition) is 2. The second kappa shape index (κ2) is 6.58. The lowest BCUT2D eigenvalue weighted by Gasteiger charge is -2.39. The fraction of sp³-hybridized carbons (Fsp3) is 0.348. The van der Waals surface area contributed by atoms with Gasteiger partial charge in [-0.3, -0.25) is 4.79 Å². The predicted octanol–water partition coefficient (Wildman–Crippen LogP) is 3.46. The number of amides is 1. The van der Waals surface area contributed by atoms with Gasteiger partial charge in [-0.1, -0.05) is 18.2 Å². The number of anilines is 1. The Labute approximate surface area is 174 Å². The SMILES string of the molecule is O=C1N(Cc2c[nH]c3ccccc23)CCCC12CCN(c1ncnc3[nH]ccc13)C2. The van der Waals surface area contributed by atoms with Crippen LogP contribution in [0.25, 0.3) is 21.9 Å². The topological polar surface area (TPSA) is 80.9 Å². The van der Waals surface area contributed by atoms with E-state index in [4.69, 9.17) is 0 Å². The van der Waals surface area contributed by atoms with E-state index in [9.17, 15) is 4.79 Å². The minimum atomic E-state index is -0.308. The number of piperidine rings is 1. The molecule has 6 rings (SSSR count). The third kappa shape index (κ3) is 2.61. The van der Waals surface area contributed by atoms with Crippen LogP contribution in [0, 0.1) is 5.41 Å². The van der Waals surface area contributed by atoms with Crippen LogP contribution in [-0.2, 0) is 11.3 Å². The summed E-state index contributed by atoms with van der Waals surface area (Å²) in [6.07, 6.45) is 8.42. The fourth-order valence-corrected chi connectivity index (χ4v) is 5.31. The van der Waals surface area contributed by atoms with Gasteiger partial charge in [0.1, 0.15) is 17.8 Å². The predicted molar refractivity (Wildman–Crippen MR) is 116 cm³/mol. The van der Waals surface area contributed by atoms with Crippen LogP contribution < -0.4 is 4.90 Å². The Bertz CT molecular complexity index is 1240. The van der Waals surface area contributed by atoms with E-state index in [1.807, 2.05) is 24.5 Å². The number of likely N-dealkylation sites (tertiary alicyclic amines) is 1. The highest BCUT2D eigenvalue weighted by molar-refractivity contribution is 5.90. The van der Waals surface area contributed by atoms with Crippen molar-refractivity contribution in [3.8, 4) is 0 Å². The Hall–Kier alpha value is -3.35.